The maximum absolute atomic E-state index is 12.4. The molecule has 0 aliphatic carbocycles. The minimum absolute atomic E-state index is 0.0244. The van der Waals surface area contributed by atoms with Gasteiger partial charge in [0.2, 0.25) is 0 Å². The number of carbonyl (C=O) groups is 1. The number of hydrogen-bond donors (Lipinski definition) is 1. The van der Waals surface area contributed by atoms with E-state index in [9.17, 15) is 9.59 Å². The molecule has 0 fully saturated rings. The lowest BCUT2D eigenvalue weighted by atomic mass is 10.2. The summed E-state index contributed by atoms with van der Waals surface area (Å²) in [5, 5.41) is 0.416. The predicted octanol–water partition coefficient (Wildman–Crippen LogP) is 1.93. The highest BCUT2D eigenvalue weighted by atomic mass is 16.5. The molecule has 23 heavy (non-hydrogen) atoms. The van der Waals surface area contributed by atoms with Gasteiger partial charge in [-0.15, -0.1) is 0 Å². The lowest BCUT2D eigenvalue weighted by Crippen LogP contribution is -2.12. The SMILES string of the molecule is Nc1nc(C(=O)OCc2ccccc2)c2ccccc2nc1=O. The summed E-state index contributed by atoms with van der Waals surface area (Å²) in [6.07, 6.45) is 0. The van der Waals surface area contributed by atoms with E-state index in [0.29, 0.717) is 10.9 Å². The average Bonchev–Trinajstić information content (AvgIpc) is 2.71. The van der Waals surface area contributed by atoms with Crippen LogP contribution in [0.1, 0.15) is 16.1 Å². The first kappa shape index (κ1) is 14.6. The molecule has 3 aromatic rings. The zero-order chi connectivity index (χ0) is 16.2. The molecule has 0 spiro atoms. The number of fused-ring (bicyclic) bond motifs is 1. The highest BCUT2D eigenvalue weighted by molar-refractivity contribution is 6.01. The summed E-state index contributed by atoms with van der Waals surface area (Å²) in [6, 6.07) is 16.0. The molecule has 2 N–H and O–H groups in total. The Kier molecular flexibility index (Phi) is 3.97. The largest absolute Gasteiger partial charge is 0.456 e. The zero-order valence-corrected chi connectivity index (χ0v) is 12.1. The van der Waals surface area contributed by atoms with E-state index in [2.05, 4.69) is 9.97 Å². The summed E-state index contributed by atoms with van der Waals surface area (Å²) in [7, 11) is 0. The molecule has 3 rings (SSSR count). The lowest BCUT2D eigenvalue weighted by molar-refractivity contribution is 0.0468. The standard InChI is InChI=1S/C17H13N3O3/c18-15-16(21)19-13-9-5-4-8-12(13)14(20-15)17(22)23-10-11-6-2-1-3-7-11/h1-9H,10H2,(H2,18,19,20,21). The topological polar surface area (TPSA) is 95.2 Å². The van der Waals surface area contributed by atoms with Gasteiger partial charge >= 0.3 is 11.5 Å². The molecular weight excluding hydrogens is 294 g/mol. The molecule has 0 bridgehead atoms. The second-order valence-electron chi connectivity index (χ2n) is 4.84. The van der Waals surface area contributed by atoms with Crippen molar-refractivity contribution in [1.82, 2.24) is 9.97 Å². The molecule has 1 aromatic heterocycles. The van der Waals surface area contributed by atoms with Crippen LogP contribution in [0.15, 0.2) is 59.4 Å². The van der Waals surface area contributed by atoms with E-state index in [1.54, 1.807) is 24.3 Å². The van der Waals surface area contributed by atoms with Gasteiger partial charge in [-0.05, 0) is 11.6 Å². The van der Waals surface area contributed by atoms with E-state index < -0.39 is 11.5 Å². The molecule has 1 heterocycles. The molecule has 0 saturated carbocycles. The van der Waals surface area contributed by atoms with Crippen LogP contribution in [0.5, 0.6) is 0 Å². The van der Waals surface area contributed by atoms with Crippen molar-refractivity contribution in [3.63, 3.8) is 0 Å². The molecule has 6 heteroatoms. The number of ether oxygens (including phenoxy) is 1. The third kappa shape index (κ3) is 3.16. The van der Waals surface area contributed by atoms with Crippen LogP contribution >= 0.6 is 0 Å². The van der Waals surface area contributed by atoms with Crippen molar-refractivity contribution < 1.29 is 9.53 Å². The summed E-state index contributed by atoms with van der Waals surface area (Å²) >= 11 is 0. The van der Waals surface area contributed by atoms with Crippen molar-refractivity contribution >= 4 is 22.7 Å². The summed E-state index contributed by atoms with van der Waals surface area (Å²) in [4.78, 5) is 31.9. The third-order valence-electron chi connectivity index (χ3n) is 3.24. The Hall–Kier alpha value is -3.28. The van der Waals surface area contributed by atoms with Crippen molar-refractivity contribution in [2.24, 2.45) is 0 Å². The maximum atomic E-state index is 12.4. The van der Waals surface area contributed by atoms with Crippen LogP contribution in [0.3, 0.4) is 0 Å². The van der Waals surface area contributed by atoms with Crippen LogP contribution in [0.2, 0.25) is 0 Å². The van der Waals surface area contributed by atoms with Gasteiger partial charge in [-0.2, -0.15) is 0 Å². The van der Waals surface area contributed by atoms with E-state index in [1.807, 2.05) is 30.3 Å². The second kappa shape index (κ2) is 6.23. The molecule has 0 atom stereocenters. The fourth-order valence-corrected chi connectivity index (χ4v) is 2.11. The first-order chi connectivity index (χ1) is 11.1. The Bertz CT molecular complexity index is 927. The van der Waals surface area contributed by atoms with Gasteiger partial charge in [0.1, 0.15) is 6.61 Å². The monoisotopic (exact) mass is 307 g/mol. The van der Waals surface area contributed by atoms with Gasteiger partial charge in [0.05, 0.1) is 5.52 Å². The molecule has 0 unspecified atom stereocenters. The van der Waals surface area contributed by atoms with E-state index in [-0.39, 0.29) is 18.1 Å². The van der Waals surface area contributed by atoms with Gasteiger partial charge in [0.25, 0.3) is 0 Å². The summed E-state index contributed by atoms with van der Waals surface area (Å²) in [5.41, 5.74) is 6.06. The number of rotatable bonds is 3. The molecule has 0 amide bonds. The first-order valence-electron chi connectivity index (χ1n) is 6.93. The predicted molar refractivity (Wildman–Crippen MR) is 85.8 cm³/mol. The van der Waals surface area contributed by atoms with Crippen LogP contribution in [0.25, 0.3) is 10.9 Å². The Morgan fingerprint density at radius 2 is 1.70 bits per heavy atom. The van der Waals surface area contributed by atoms with Crippen molar-refractivity contribution in [3.8, 4) is 0 Å². The second-order valence-corrected chi connectivity index (χ2v) is 4.84. The molecular formula is C17H13N3O3. The van der Waals surface area contributed by atoms with Crippen molar-refractivity contribution in [1.29, 1.82) is 0 Å². The maximum Gasteiger partial charge on any atom is 0.358 e. The molecule has 2 aromatic carbocycles. The molecule has 114 valence electrons. The van der Waals surface area contributed by atoms with Crippen LogP contribution < -0.4 is 11.3 Å². The van der Waals surface area contributed by atoms with Gasteiger partial charge in [-0.25, -0.2) is 14.8 Å². The number of esters is 1. The van der Waals surface area contributed by atoms with E-state index >= 15 is 0 Å². The normalized spacial score (nSPS) is 10.4. The van der Waals surface area contributed by atoms with Crippen molar-refractivity contribution in [2.75, 3.05) is 5.73 Å². The van der Waals surface area contributed by atoms with Gasteiger partial charge in [0, 0.05) is 5.39 Å². The van der Waals surface area contributed by atoms with Crippen LogP contribution in [0, 0.1) is 0 Å². The number of carbonyl (C=O) groups excluding carboxylic acids is 1. The van der Waals surface area contributed by atoms with Gasteiger partial charge < -0.3 is 10.5 Å². The third-order valence-corrected chi connectivity index (χ3v) is 3.24. The Morgan fingerprint density at radius 3 is 2.48 bits per heavy atom. The Balaban J connectivity index is 2.00. The van der Waals surface area contributed by atoms with E-state index in [1.165, 1.54) is 0 Å². The van der Waals surface area contributed by atoms with Crippen LogP contribution in [0.4, 0.5) is 5.82 Å². The number of nitrogens with two attached hydrogens (primary N) is 1. The van der Waals surface area contributed by atoms with Crippen molar-refractivity contribution in [2.45, 2.75) is 6.61 Å². The highest BCUT2D eigenvalue weighted by Gasteiger charge is 2.15. The number of nitrogen functional groups attached to an aromatic ring is 1. The Labute approximate surface area is 131 Å². The minimum atomic E-state index is -0.677. The van der Waals surface area contributed by atoms with Crippen LogP contribution in [-0.2, 0) is 11.3 Å². The fourth-order valence-electron chi connectivity index (χ4n) is 2.11. The van der Waals surface area contributed by atoms with Gasteiger partial charge in [0.15, 0.2) is 11.5 Å². The fraction of sp³-hybridized carbons (Fsp3) is 0.0588. The summed E-state index contributed by atoms with van der Waals surface area (Å²) in [5.74, 6) is -0.998. The smallest absolute Gasteiger partial charge is 0.358 e. The van der Waals surface area contributed by atoms with E-state index in [0.717, 1.165) is 5.56 Å². The average molecular weight is 307 g/mol. The molecule has 0 aliphatic heterocycles. The van der Waals surface area contributed by atoms with Gasteiger partial charge in [-0.3, -0.25) is 4.79 Å². The molecule has 0 radical (unpaired) electrons. The number of aromatic nitrogens is 2. The zero-order valence-electron chi connectivity index (χ0n) is 12.1. The summed E-state index contributed by atoms with van der Waals surface area (Å²) in [6.45, 7) is 0.103. The molecule has 0 aliphatic rings. The lowest BCUT2D eigenvalue weighted by Gasteiger charge is -2.04. The molecule has 6 nitrogen and oxygen atoms in total. The summed E-state index contributed by atoms with van der Waals surface area (Å²) < 4.78 is 5.27. The van der Waals surface area contributed by atoms with Crippen molar-refractivity contribution in [3.05, 3.63) is 76.2 Å². The molecule has 0 saturated heterocycles. The van der Waals surface area contributed by atoms with Gasteiger partial charge in [-0.1, -0.05) is 48.5 Å². The first-order valence-corrected chi connectivity index (χ1v) is 6.93. The number of benzene rings is 2. The number of anilines is 1. The van der Waals surface area contributed by atoms with E-state index in [4.69, 9.17) is 10.5 Å². The highest BCUT2D eigenvalue weighted by Crippen LogP contribution is 2.15. The number of hydrogen-bond acceptors (Lipinski definition) is 6. The Morgan fingerprint density at radius 1 is 1.00 bits per heavy atom. The minimum Gasteiger partial charge on any atom is -0.456 e. The van der Waals surface area contributed by atoms with Crippen LogP contribution in [-0.4, -0.2) is 15.9 Å². The number of para-hydroxylation sites is 1. The number of nitrogens with zero attached hydrogens (tertiary/aromatic N) is 2. The quantitative estimate of drug-likeness (QED) is 0.743.